The fourth-order valence-electron chi connectivity index (χ4n) is 1.41. The summed E-state index contributed by atoms with van der Waals surface area (Å²) in [7, 11) is 0. The topological polar surface area (TPSA) is 29.0 Å². The first-order chi connectivity index (χ1) is 5.86. The van der Waals surface area contributed by atoms with Crippen LogP contribution >= 0.6 is 0 Å². The summed E-state index contributed by atoms with van der Waals surface area (Å²) in [5, 5.41) is 0. The van der Waals surface area contributed by atoms with Crippen LogP contribution in [-0.4, -0.2) is 23.1 Å². The van der Waals surface area contributed by atoms with Gasteiger partial charge in [0.2, 0.25) is 0 Å². The number of aromatic nitrogens is 2. The third-order valence-corrected chi connectivity index (χ3v) is 2.04. The molecule has 0 amide bonds. The smallest absolute Gasteiger partial charge is 0.132 e. The molecule has 1 aliphatic rings. The molecule has 0 atom stereocenters. The fraction of sp³-hybridized carbons (Fsp3) is 0.444. The molecular weight excluding hydrogens is 150 g/mol. The van der Waals surface area contributed by atoms with E-state index >= 15 is 0 Å². The minimum Gasteiger partial charge on any atom is -0.356 e. The molecule has 1 radical (unpaired) electrons. The van der Waals surface area contributed by atoms with Gasteiger partial charge in [-0.25, -0.2) is 9.97 Å². The van der Waals surface area contributed by atoms with Crippen LogP contribution in [0.5, 0.6) is 0 Å². The average Bonchev–Trinajstić information content (AvgIpc) is 2.56. The molecule has 3 nitrogen and oxygen atoms in total. The van der Waals surface area contributed by atoms with E-state index in [0.29, 0.717) is 0 Å². The lowest BCUT2D eigenvalue weighted by atomic mass is 10.4. The standard InChI is InChI=1S/C9H12N3/c1-8-10-5-4-9(11-8)12-6-2-3-7-12/h2,4-5H,3,6-7H2,1H3. The number of hydrogen-bond acceptors (Lipinski definition) is 3. The average molecular weight is 162 g/mol. The highest BCUT2D eigenvalue weighted by atomic mass is 15.2. The van der Waals surface area contributed by atoms with Gasteiger partial charge in [-0.15, -0.1) is 0 Å². The first kappa shape index (κ1) is 7.53. The summed E-state index contributed by atoms with van der Waals surface area (Å²) in [4.78, 5) is 10.7. The molecule has 3 heteroatoms. The van der Waals surface area contributed by atoms with Gasteiger partial charge in [0.15, 0.2) is 0 Å². The highest BCUT2D eigenvalue weighted by Crippen LogP contribution is 2.15. The lowest BCUT2D eigenvalue weighted by Gasteiger charge is -2.15. The van der Waals surface area contributed by atoms with Crippen molar-refractivity contribution in [3.63, 3.8) is 0 Å². The van der Waals surface area contributed by atoms with E-state index in [-0.39, 0.29) is 0 Å². The second-order valence-electron chi connectivity index (χ2n) is 2.99. The normalized spacial score (nSPS) is 16.9. The molecule has 1 aromatic heterocycles. The monoisotopic (exact) mass is 162 g/mol. The van der Waals surface area contributed by atoms with Crippen LogP contribution < -0.4 is 4.90 Å². The van der Waals surface area contributed by atoms with Gasteiger partial charge < -0.3 is 4.90 Å². The summed E-state index contributed by atoms with van der Waals surface area (Å²) in [6.45, 7) is 4.04. The second kappa shape index (κ2) is 3.09. The van der Waals surface area contributed by atoms with Gasteiger partial charge in [0.25, 0.3) is 0 Å². The van der Waals surface area contributed by atoms with E-state index in [9.17, 15) is 0 Å². The Balaban J connectivity index is 2.21. The molecule has 2 rings (SSSR count). The van der Waals surface area contributed by atoms with Gasteiger partial charge in [0.1, 0.15) is 11.6 Å². The van der Waals surface area contributed by atoms with Crippen LogP contribution in [0.2, 0.25) is 0 Å². The van der Waals surface area contributed by atoms with E-state index in [1.807, 2.05) is 19.2 Å². The Morgan fingerprint density at radius 3 is 3.08 bits per heavy atom. The van der Waals surface area contributed by atoms with E-state index in [1.54, 1.807) is 0 Å². The van der Waals surface area contributed by atoms with Gasteiger partial charge >= 0.3 is 0 Å². The molecule has 0 N–H and O–H groups in total. The number of anilines is 1. The predicted octanol–water partition coefficient (Wildman–Crippen LogP) is 1.20. The molecule has 1 aromatic rings. The van der Waals surface area contributed by atoms with Gasteiger partial charge in [0, 0.05) is 19.3 Å². The SMILES string of the molecule is Cc1nccc(N2C[CH]CC2)n1. The molecule has 1 saturated heterocycles. The molecule has 0 saturated carbocycles. The summed E-state index contributed by atoms with van der Waals surface area (Å²) in [6.07, 6.45) is 5.26. The molecule has 0 spiro atoms. The van der Waals surface area contributed by atoms with Crippen LogP contribution in [0.1, 0.15) is 12.2 Å². The van der Waals surface area contributed by atoms with E-state index in [1.165, 1.54) is 6.42 Å². The van der Waals surface area contributed by atoms with Crippen molar-refractivity contribution in [1.82, 2.24) is 9.97 Å². The first-order valence-corrected chi connectivity index (χ1v) is 4.22. The number of rotatable bonds is 1. The first-order valence-electron chi connectivity index (χ1n) is 4.22. The Kier molecular flexibility index (Phi) is 1.94. The number of aryl methyl sites for hydroxylation is 1. The van der Waals surface area contributed by atoms with Crippen molar-refractivity contribution in [3.05, 3.63) is 24.5 Å². The number of hydrogen-bond donors (Lipinski definition) is 0. The van der Waals surface area contributed by atoms with Crippen LogP contribution in [0, 0.1) is 13.3 Å². The summed E-state index contributed by atoms with van der Waals surface area (Å²) < 4.78 is 0. The summed E-state index contributed by atoms with van der Waals surface area (Å²) in [6, 6.07) is 1.96. The Morgan fingerprint density at radius 1 is 1.50 bits per heavy atom. The molecule has 0 bridgehead atoms. The third-order valence-electron chi connectivity index (χ3n) is 2.04. The quantitative estimate of drug-likeness (QED) is 0.621. The molecule has 1 fully saturated rings. The molecule has 0 unspecified atom stereocenters. The van der Waals surface area contributed by atoms with Crippen LogP contribution in [0.4, 0.5) is 5.82 Å². The summed E-state index contributed by atoms with van der Waals surface area (Å²) >= 11 is 0. The molecule has 1 aliphatic heterocycles. The molecule has 12 heavy (non-hydrogen) atoms. The van der Waals surface area contributed by atoms with Crippen molar-refractivity contribution in [2.24, 2.45) is 0 Å². The largest absolute Gasteiger partial charge is 0.356 e. The van der Waals surface area contributed by atoms with Crippen LogP contribution in [0.3, 0.4) is 0 Å². The maximum absolute atomic E-state index is 4.35. The molecule has 0 aromatic carbocycles. The van der Waals surface area contributed by atoms with Crippen molar-refractivity contribution in [3.8, 4) is 0 Å². The lowest BCUT2D eigenvalue weighted by molar-refractivity contribution is 0.912. The van der Waals surface area contributed by atoms with E-state index in [0.717, 1.165) is 24.7 Å². The van der Waals surface area contributed by atoms with Gasteiger partial charge in [-0.1, -0.05) is 0 Å². The molecule has 63 valence electrons. The van der Waals surface area contributed by atoms with Gasteiger partial charge in [-0.05, 0) is 25.8 Å². The maximum Gasteiger partial charge on any atom is 0.132 e. The summed E-state index contributed by atoms with van der Waals surface area (Å²) in [5.41, 5.74) is 0. The zero-order valence-electron chi connectivity index (χ0n) is 7.20. The zero-order valence-corrected chi connectivity index (χ0v) is 7.20. The van der Waals surface area contributed by atoms with Gasteiger partial charge in [-0.2, -0.15) is 0 Å². The molecule has 0 aliphatic carbocycles. The highest BCUT2D eigenvalue weighted by Gasteiger charge is 2.13. The van der Waals surface area contributed by atoms with E-state index < -0.39 is 0 Å². The Hall–Kier alpha value is -1.12. The predicted molar refractivity (Wildman–Crippen MR) is 47.9 cm³/mol. The summed E-state index contributed by atoms with van der Waals surface area (Å²) in [5.74, 6) is 1.90. The van der Waals surface area contributed by atoms with E-state index in [2.05, 4.69) is 21.3 Å². The van der Waals surface area contributed by atoms with E-state index in [4.69, 9.17) is 0 Å². The molecule has 2 heterocycles. The van der Waals surface area contributed by atoms with Crippen LogP contribution in [0.25, 0.3) is 0 Å². The Labute approximate surface area is 72.4 Å². The fourth-order valence-corrected chi connectivity index (χ4v) is 1.41. The molecular formula is C9H12N3. The lowest BCUT2D eigenvalue weighted by Crippen LogP contribution is -2.19. The Morgan fingerprint density at radius 2 is 2.42 bits per heavy atom. The van der Waals surface area contributed by atoms with Crippen molar-refractivity contribution in [2.45, 2.75) is 13.3 Å². The zero-order chi connectivity index (χ0) is 8.39. The van der Waals surface area contributed by atoms with Gasteiger partial charge in [-0.3, -0.25) is 0 Å². The van der Waals surface area contributed by atoms with Crippen molar-refractivity contribution < 1.29 is 0 Å². The van der Waals surface area contributed by atoms with Crippen LogP contribution in [-0.2, 0) is 0 Å². The minimum absolute atomic E-state index is 0.847. The number of nitrogens with zero attached hydrogens (tertiary/aromatic N) is 3. The minimum atomic E-state index is 0.847. The maximum atomic E-state index is 4.35. The van der Waals surface area contributed by atoms with Crippen LogP contribution in [0.15, 0.2) is 12.3 Å². The van der Waals surface area contributed by atoms with Crippen molar-refractivity contribution in [2.75, 3.05) is 18.0 Å². The Bertz CT molecular complexity index is 266. The third kappa shape index (κ3) is 1.40. The van der Waals surface area contributed by atoms with Crippen molar-refractivity contribution in [1.29, 1.82) is 0 Å². The van der Waals surface area contributed by atoms with Crippen molar-refractivity contribution >= 4 is 5.82 Å². The van der Waals surface area contributed by atoms with Gasteiger partial charge in [0.05, 0.1) is 0 Å². The second-order valence-corrected chi connectivity index (χ2v) is 2.99. The highest BCUT2D eigenvalue weighted by molar-refractivity contribution is 5.39.